The van der Waals surface area contributed by atoms with Crippen molar-refractivity contribution in [1.29, 1.82) is 0 Å². The number of allylic oxidation sites excluding steroid dienone is 2. The van der Waals surface area contributed by atoms with Crippen molar-refractivity contribution in [2.45, 2.75) is 6.92 Å². The van der Waals surface area contributed by atoms with Crippen molar-refractivity contribution in [3.63, 3.8) is 0 Å². The van der Waals surface area contributed by atoms with Crippen LogP contribution in [0.2, 0.25) is 0 Å². The highest BCUT2D eigenvalue weighted by Crippen LogP contribution is 2.28. The lowest BCUT2D eigenvalue weighted by Gasteiger charge is -2.09. The van der Waals surface area contributed by atoms with Crippen LogP contribution < -0.4 is 0 Å². The molecule has 0 N–H and O–H groups in total. The zero-order chi connectivity index (χ0) is 18.4. The number of aromatic nitrogens is 2. The van der Waals surface area contributed by atoms with Crippen LogP contribution in [0.25, 0.3) is 28.2 Å². The first-order valence-corrected chi connectivity index (χ1v) is 9.01. The molecule has 128 valence electrons. The predicted molar refractivity (Wildman–Crippen MR) is 113 cm³/mol. The Balaban J connectivity index is 2.10. The van der Waals surface area contributed by atoms with E-state index in [-0.39, 0.29) is 0 Å². The van der Waals surface area contributed by atoms with Crippen molar-refractivity contribution in [3.8, 4) is 22.5 Å². The average molecular weight is 404 g/mol. The van der Waals surface area contributed by atoms with E-state index in [1.54, 1.807) is 12.4 Å². The van der Waals surface area contributed by atoms with Gasteiger partial charge in [0.2, 0.25) is 0 Å². The summed E-state index contributed by atoms with van der Waals surface area (Å²) in [4.78, 5) is 13.5. The minimum Gasteiger partial charge on any atom is -0.255 e. The molecule has 2 aromatic heterocycles. The van der Waals surface area contributed by atoms with Crippen molar-refractivity contribution in [2.24, 2.45) is 4.99 Å². The predicted octanol–water partition coefficient (Wildman–Crippen LogP) is 6.19. The second-order valence-electron chi connectivity index (χ2n) is 5.60. The van der Waals surface area contributed by atoms with Crippen molar-refractivity contribution in [1.82, 2.24) is 9.97 Å². The Bertz CT molecular complexity index is 958. The van der Waals surface area contributed by atoms with Gasteiger partial charge in [0.15, 0.2) is 0 Å². The molecule has 0 spiro atoms. The number of aliphatic imine (C=N–C) groups is 1. The summed E-state index contributed by atoms with van der Waals surface area (Å²) in [6, 6.07) is 18.0. The third-order valence-electron chi connectivity index (χ3n) is 3.73. The molecule has 0 saturated heterocycles. The Morgan fingerprint density at radius 1 is 1.04 bits per heavy atom. The molecule has 0 bridgehead atoms. The molecule has 26 heavy (non-hydrogen) atoms. The molecule has 0 amide bonds. The fraction of sp³-hybridized carbons (Fsp3) is 0.0455. The van der Waals surface area contributed by atoms with Gasteiger partial charge < -0.3 is 0 Å². The van der Waals surface area contributed by atoms with E-state index >= 15 is 0 Å². The fourth-order valence-electron chi connectivity index (χ4n) is 2.42. The minimum absolute atomic E-state index is 0.610. The number of pyridine rings is 2. The highest BCUT2D eigenvalue weighted by molar-refractivity contribution is 9.10. The summed E-state index contributed by atoms with van der Waals surface area (Å²) < 4.78 is 1.04. The summed E-state index contributed by atoms with van der Waals surface area (Å²) in [5.74, 6) is 0. The van der Waals surface area contributed by atoms with Crippen LogP contribution in [-0.2, 0) is 0 Å². The molecule has 0 fully saturated rings. The highest BCUT2D eigenvalue weighted by Gasteiger charge is 2.09. The second kappa shape index (κ2) is 8.50. The number of hydrogen-bond acceptors (Lipinski definition) is 3. The maximum atomic E-state index is 4.72. The molecule has 0 radical (unpaired) electrons. The molecule has 2 heterocycles. The van der Waals surface area contributed by atoms with Crippen molar-refractivity contribution in [2.75, 3.05) is 0 Å². The van der Waals surface area contributed by atoms with Gasteiger partial charge in [0.1, 0.15) is 0 Å². The molecule has 0 atom stereocenters. The standard InChI is InChI=1S/C22H18BrN3/c1-3-4-12-24-16(2)21-14-18(17-8-10-19(23)11-9-17)15-22(26-21)20-7-5-6-13-25-20/h3-15H,2H2,1H3/b4-3-,24-12?. The summed E-state index contributed by atoms with van der Waals surface area (Å²) in [6.07, 6.45) is 7.27. The van der Waals surface area contributed by atoms with Gasteiger partial charge in [-0.25, -0.2) is 4.98 Å². The van der Waals surface area contributed by atoms with Gasteiger partial charge in [-0.1, -0.05) is 46.8 Å². The van der Waals surface area contributed by atoms with Gasteiger partial charge in [0, 0.05) is 16.9 Å². The van der Waals surface area contributed by atoms with Crippen LogP contribution in [0.5, 0.6) is 0 Å². The van der Waals surface area contributed by atoms with Gasteiger partial charge in [0.05, 0.1) is 22.8 Å². The zero-order valence-corrected chi connectivity index (χ0v) is 16.0. The second-order valence-corrected chi connectivity index (χ2v) is 6.51. The lowest BCUT2D eigenvalue weighted by atomic mass is 10.0. The van der Waals surface area contributed by atoms with Crippen LogP contribution in [0, 0.1) is 0 Å². The van der Waals surface area contributed by atoms with Crippen LogP contribution in [0.4, 0.5) is 0 Å². The molecule has 3 aromatic rings. The Labute approximate surface area is 162 Å². The molecule has 4 heteroatoms. The molecule has 0 unspecified atom stereocenters. The Kier molecular flexibility index (Phi) is 5.87. The lowest BCUT2D eigenvalue weighted by molar-refractivity contribution is 1.22. The molecule has 0 aliphatic heterocycles. The summed E-state index contributed by atoms with van der Waals surface area (Å²) in [5.41, 5.74) is 5.09. The highest BCUT2D eigenvalue weighted by atomic mass is 79.9. The SMILES string of the molecule is C=C(N=C/C=C\C)c1cc(-c2ccc(Br)cc2)cc(-c2ccccn2)n1. The van der Waals surface area contributed by atoms with E-state index in [9.17, 15) is 0 Å². The van der Waals surface area contributed by atoms with Gasteiger partial charge >= 0.3 is 0 Å². The number of benzene rings is 1. The van der Waals surface area contributed by atoms with Gasteiger partial charge in [0.25, 0.3) is 0 Å². The number of halogens is 1. The molecule has 0 aliphatic carbocycles. The molecular formula is C22H18BrN3. The fourth-order valence-corrected chi connectivity index (χ4v) is 2.68. The average Bonchev–Trinajstić information content (AvgIpc) is 2.69. The first-order valence-electron chi connectivity index (χ1n) is 8.21. The molecule has 1 aromatic carbocycles. The van der Waals surface area contributed by atoms with E-state index in [0.29, 0.717) is 5.70 Å². The number of rotatable bonds is 5. The topological polar surface area (TPSA) is 38.1 Å². The minimum atomic E-state index is 0.610. The van der Waals surface area contributed by atoms with E-state index in [0.717, 1.165) is 32.7 Å². The normalized spacial score (nSPS) is 11.3. The van der Waals surface area contributed by atoms with Crippen LogP contribution in [0.1, 0.15) is 12.6 Å². The molecule has 0 aliphatic rings. The molecular weight excluding hydrogens is 386 g/mol. The van der Waals surface area contributed by atoms with Crippen molar-refractivity contribution in [3.05, 3.63) is 89.7 Å². The van der Waals surface area contributed by atoms with Crippen molar-refractivity contribution >= 4 is 27.8 Å². The van der Waals surface area contributed by atoms with E-state index < -0.39 is 0 Å². The zero-order valence-electron chi connectivity index (χ0n) is 14.4. The third-order valence-corrected chi connectivity index (χ3v) is 4.26. The summed E-state index contributed by atoms with van der Waals surface area (Å²) in [6.45, 7) is 6.00. The molecule has 0 saturated carbocycles. The van der Waals surface area contributed by atoms with E-state index in [1.165, 1.54) is 0 Å². The van der Waals surface area contributed by atoms with E-state index in [1.807, 2.05) is 61.5 Å². The smallest absolute Gasteiger partial charge is 0.0900 e. The van der Waals surface area contributed by atoms with Crippen LogP contribution >= 0.6 is 15.9 Å². The van der Waals surface area contributed by atoms with Gasteiger partial charge in [-0.3, -0.25) is 9.98 Å². The maximum absolute atomic E-state index is 4.72. The van der Waals surface area contributed by atoms with Crippen molar-refractivity contribution < 1.29 is 0 Å². The quantitative estimate of drug-likeness (QED) is 0.476. The molecule has 3 rings (SSSR count). The summed E-state index contributed by atoms with van der Waals surface area (Å²) >= 11 is 3.48. The lowest BCUT2D eigenvalue weighted by Crippen LogP contribution is -1.94. The summed E-state index contributed by atoms with van der Waals surface area (Å²) in [7, 11) is 0. The Morgan fingerprint density at radius 2 is 1.85 bits per heavy atom. The molecule has 3 nitrogen and oxygen atoms in total. The van der Waals surface area contributed by atoms with Crippen LogP contribution in [0.15, 0.2) is 89.0 Å². The van der Waals surface area contributed by atoms with Crippen LogP contribution in [0.3, 0.4) is 0 Å². The first-order chi connectivity index (χ1) is 12.7. The van der Waals surface area contributed by atoms with Crippen LogP contribution in [-0.4, -0.2) is 16.2 Å². The van der Waals surface area contributed by atoms with Gasteiger partial charge in [-0.05, 0) is 60.5 Å². The Hall–Kier alpha value is -2.85. The van der Waals surface area contributed by atoms with Gasteiger partial charge in [-0.2, -0.15) is 0 Å². The van der Waals surface area contributed by atoms with Gasteiger partial charge in [-0.15, -0.1) is 0 Å². The summed E-state index contributed by atoms with van der Waals surface area (Å²) in [5, 5.41) is 0. The number of hydrogen-bond donors (Lipinski definition) is 0. The Morgan fingerprint density at radius 3 is 2.54 bits per heavy atom. The largest absolute Gasteiger partial charge is 0.255 e. The third kappa shape index (κ3) is 4.41. The number of nitrogens with zero attached hydrogens (tertiary/aromatic N) is 3. The first kappa shape index (κ1) is 18.0. The van der Waals surface area contributed by atoms with E-state index in [4.69, 9.17) is 4.98 Å². The van der Waals surface area contributed by atoms with E-state index in [2.05, 4.69) is 44.6 Å². The maximum Gasteiger partial charge on any atom is 0.0900 e. The monoisotopic (exact) mass is 403 g/mol.